The number of nitrogens with two attached hydrogens (primary N) is 1. The summed E-state index contributed by atoms with van der Waals surface area (Å²) in [5, 5.41) is 3.31. The Morgan fingerprint density at radius 1 is 1.38 bits per heavy atom. The van der Waals surface area contributed by atoms with Gasteiger partial charge in [-0.2, -0.15) is 0 Å². The van der Waals surface area contributed by atoms with Gasteiger partial charge >= 0.3 is 5.97 Å². The zero-order valence-corrected chi connectivity index (χ0v) is 12.7. The van der Waals surface area contributed by atoms with Crippen LogP contribution >= 0.6 is 0 Å². The van der Waals surface area contributed by atoms with Gasteiger partial charge in [0.1, 0.15) is 0 Å². The van der Waals surface area contributed by atoms with Crippen LogP contribution < -0.4 is 11.1 Å². The van der Waals surface area contributed by atoms with Gasteiger partial charge in [0.25, 0.3) is 0 Å². The predicted molar refractivity (Wildman–Crippen MR) is 85.6 cm³/mol. The Labute approximate surface area is 126 Å². The first kappa shape index (κ1) is 15.6. The fourth-order valence-corrected chi connectivity index (χ4v) is 2.64. The van der Waals surface area contributed by atoms with Gasteiger partial charge in [-0.25, -0.2) is 4.79 Å². The Morgan fingerprint density at radius 2 is 2.14 bits per heavy atom. The molecule has 5 heteroatoms. The van der Waals surface area contributed by atoms with Crippen LogP contribution in [-0.2, 0) is 4.74 Å². The number of rotatable bonds is 7. The van der Waals surface area contributed by atoms with Crippen molar-refractivity contribution in [1.29, 1.82) is 0 Å². The first-order valence-electron chi connectivity index (χ1n) is 7.74. The monoisotopic (exact) mass is 291 g/mol. The van der Waals surface area contributed by atoms with Crippen LogP contribution in [0.4, 0.5) is 11.4 Å². The molecule has 0 radical (unpaired) electrons. The Kier molecular flexibility index (Phi) is 5.87. The van der Waals surface area contributed by atoms with Gasteiger partial charge in [0.05, 0.1) is 23.5 Å². The van der Waals surface area contributed by atoms with Gasteiger partial charge in [0.15, 0.2) is 0 Å². The van der Waals surface area contributed by atoms with Gasteiger partial charge in [0, 0.05) is 6.54 Å². The number of nitrogens with one attached hydrogen (secondary N) is 1. The molecule has 1 fully saturated rings. The van der Waals surface area contributed by atoms with Gasteiger partial charge < -0.3 is 20.7 Å². The van der Waals surface area contributed by atoms with E-state index in [1.54, 1.807) is 13.0 Å². The normalized spacial score (nSPS) is 15.1. The third kappa shape index (κ3) is 4.36. The molecule has 1 saturated heterocycles. The van der Waals surface area contributed by atoms with E-state index in [-0.39, 0.29) is 5.97 Å². The molecule has 3 N–H and O–H groups in total. The topological polar surface area (TPSA) is 67.6 Å². The molecule has 0 spiro atoms. The van der Waals surface area contributed by atoms with Crippen molar-refractivity contribution in [2.45, 2.75) is 26.2 Å². The highest BCUT2D eigenvalue weighted by Crippen LogP contribution is 2.23. The Hall–Kier alpha value is -1.75. The highest BCUT2D eigenvalue weighted by atomic mass is 16.5. The highest BCUT2D eigenvalue weighted by Gasteiger charge is 2.13. The van der Waals surface area contributed by atoms with Gasteiger partial charge in [0.2, 0.25) is 0 Å². The van der Waals surface area contributed by atoms with Crippen LogP contribution in [0, 0.1) is 0 Å². The van der Waals surface area contributed by atoms with E-state index < -0.39 is 0 Å². The minimum atomic E-state index is -0.365. The van der Waals surface area contributed by atoms with Crippen LogP contribution in [0.25, 0.3) is 0 Å². The molecule has 116 valence electrons. The zero-order valence-electron chi connectivity index (χ0n) is 12.7. The molecule has 2 rings (SSSR count). The number of ether oxygens (including phenoxy) is 1. The number of para-hydroxylation sites is 1. The van der Waals surface area contributed by atoms with E-state index in [1.807, 2.05) is 12.1 Å². The maximum Gasteiger partial charge on any atom is 0.340 e. The minimum absolute atomic E-state index is 0.353. The summed E-state index contributed by atoms with van der Waals surface area (Å²) >= 11 is 0. The summed E-state index contributed by atoms with van der Waals surface area (Å²) < 4.78 is 5.00. The number of esters is 1. The maximum absolute atomic E-state index is 11.8. The molecule has 0 amide bonds. The number of anilines is 2. The quantitative estimate of drug-likeness (QED) is 0.458. The number of benzene rings is 1. The maximum atomic E-state index is 11.8. The van der Waals surface area contributed by atoms with Gasteiger partial charge in [-0.15, -0.1) is 0 Å². The van der Waals surface area contributed by atoms with E-state index in [9.17, 15) is 4.79 Å². The lowest BCUT2D eigenvalue weighted by molar-refractivity contribution is 0.0527. The van der Waals surface area contributed by atoms with Crippen molar-refractivity contribution in [2.75, 3.05) is 43.8 Å². The summed E-state index contributed by atoms with van der Waals surface area (Å²) in [5.74, 6) is -0.365. The molecule has 1 heterocycles. The minimum Gasteiger partial charge on any atom is -0.462 e. The van der Waals surface area contributed by atoms with Crippen LogP contribution in [0.5, 0.6) is 0 Å². The van der Waals surface area contributed by atoms with Crippen molar-refractivity contribution in [3.63, 3.8) is 0 Å². The lowest BCUT2D eigenvalue weighted by Crippen LogP contribution is -2.22. The van der Waals surface area contributed by atoms with Crippen molar-refractivity contribution in [3.8, 4) is 0 Å². The van der Waals surface area contributed by atoms with E-state index in [0.717, 1.165) is 25.2 Å². The fraction of sp³-hybridized carbons (Fsp3) is 0.562. The van der Waals surface area contributed by atoms with E-state index in [1.165, 1.54) is 25.9 Å². The van der Waals surface area contributed by atoms with E-state index in [4.69, 9.17) is 10.5 Å². The molecule has 5 nitrogen and oxygen atoms in total. The van der Waals surface area contributed by atoms with Crippen LogP contribution in [0.15, 0.2) is 18.2 Å². The van der Waals surface area contributed by atoms with Gasteiger partial charge in [-0.1, -0.05) is 6.07 Å². The second-order valence-corrected chi connectivity index (χ2v) is 5.32. The SMILES string of the molecule is CCOC(=O)c1cccc(NCCCN2CCCC2)c1N. The Balaban J connectivity index is 1.84. The highest BCUT2D eigenvalue weighted by molar-refractivity contribution is 5.98. The number of nitrogen functional groups attached to an aromatic ring is 1. The van der Waals surface area contributed by atoms with E-state index in [2.05, 4.69) is 10.2 Å². The van der Waals surface area contributed by atoms with Crippen molar-refractivity contribution in [3.05, 3.63) is 23.8 Å². The molecular weight excluding hydrogens is 266 g/mol. The van der Waals surface area contributed by atoms with Crippen LogP contribution in [0.3, 0.4) is 0 Å². The Bertz CT molecular complexity index is 471. The fourth-order valence-electron chi connectivity index (χ4n) is 2.64. The average Bonchev–Trinajstić information content (AvgIpc) is 2.98. The summed E-state index contributed by atoms with van der Waals surface area (Å²) in [4.78, 5) is 14.3. The van der Waals surface area contributed by atoms with Crippen LogP contribution in [0.1, 0.15) is 36.5 Å². The number of likely N-dealkylation sites (tertiary alicyclic amines) is 1. The second kappa shape index (κ2) is 7.88. The molecule has 21 heavy (non-hydrogen) atoms. The molecule has 0 unspecified atom stereocenters. The van der Waals surface area contributed by atoms with E-state index >= 15 is 0 Å². The zero-order chi connectivity index (χ0) is 15.1. The second-order valence-electron chi connectivity index (χ2n) is 5.32. The first-order valence-corrected chi connectivity index (χ1v) is 7.74. The smallest absolute Gasteiger partial charge is 0.340 e. The third-order valence-corrected chi connectivity index (χ3v) is 3.77. The van der Waals surface area contributed by atoms with Crippen molar-refractivity contribution < 1.29 is 9.53 Å². The lowest BCUT2D eigenvalue weighted by Gasteiger charge is -2.16. The predicted octanol–water partition coefficient (Wildman–Crippen LogP) is 2.34. The number of hydrogen-bond acceptors (Lipinski definition) is 5. The molecule has 1 aromatic rings. The molecule has 0 atom stereocenters. The van der Waals surface area contributed by atoms with Crippen molar-refractivity contribution >= 4 is 17.3 Å². The van der Waals surface area contributed by atoms with Gasteiger partial charge in [-0.05, 0) is 58.0 Å². The summed E-state index contributed by atoms with van der Waals surface area (Å²) in [6.45, 7) is 6.55. The standard InChI is InChI=1S/C16H25N3O2/c1-2-21-16(20)13-7-5-8-14(15(13)17)18-9-6-12-19-10-3-4-11-19/h5,7-8,18H,2-4,6,9-12,17H2,1H3. The van der Waals surface area contributed by atoms with Crippen molar-refractivity contribution in [1.82, 2.24) is 4.90 Å². The summed E-state index contributed by atoms with van der Waals surface area (Å²) in [6, 6.07) is 5.42. The third-order valence-electron chi connectivity index (χ3n) is 3.77. The van der Waals surface area contributed by atoms with Crippen LogP contribution in [-0.4, -0.2) is 43.7 Å². The number of nitrogens with zero attached hydrogens (tertiary/aromatic N) is 1. The van der Waals surface area contributed by atoms with Gasteiger partial charge in [-0.3, -0.25) is 0 Å². The molecule has 0 aromatic heterocycles. The summed E-state index contributed by atoms with van der Waals surface area (Å²) in [6.07, 6.45) is 3.72. The molecule has 0 saturated carbocycles. The molecule has 1 aliphatic heterocycles. The Morgan fingerprint density at radius 3 is 2.86 bits per heavy atom. The largest absolute Gasteiger partial charge is 0.462 e. The molecule has 1 aromatic carbocycles. The van der Waals surface area contributed by atoms with E-state index in [0.29, 0.717) is 17.9 Å². The molecule has 1 aliphatic rings. The summed E-state index contributed by atoms with van der Waals surface area (Å²) in [7, 11) is 0. The average molecular weight is 291 g/mol. The van der Waals surface area contributed by atoms with Crippen LogP contribution in [0.2, 0.25) is 0 Å². The number of carbonyl (C=O) groups excluding carboxylic acids is 1. The molecule has 0 aliphatic carbocycles. The lowest BCUT2D eigenvalue weighted by atomic mass is 10.1. The first-order chi connectivity index (χ1) is 10.2. The summed E-state index contributed by atoms with van der Waals surface area (Å²) in [5.41, 5.74) is 7.75. The van der Waals surface area contributed by atoms with Crippen molar-refractivity contribution in [2.24, 2.45) is 0 Å². The number of carbonyl (C=O) groups is 1. The molecule has 0 bridgehead atoms. The molecular formula is C16H25N3O2. The number of hydrogen-bond donors (Lipinski definition) is 2.